The molecule has 1 amide bonds. The molecule has 0 aliphatic carbocycles. The maximum atomic E-state index is 13.2. The van der Waals surface area contributed by atoms with Crippen LogP contribution in [0.1, 0.15) is 35.3 Å². The molecule has 0 spiro atoms. The van der Waals surface area contributed by atoms with Gasteiger partial charge in [0.15, 0.2) is 0 Å². The van der Waals surface area contributed by atoms with E-state index in [9.17, 15) is 21.6 Å². The fraction of sp³-hybridized carbons (Fsp3) is 0.500. The Balaban J connectivity index is 1.49. The molecule has 0 N–H and O–H groups in total. The first kappa shape index (κ1) is 23.9. The fourth-order valence-electron chi connectivity index (χ4n) is 4.32. The van der Waals surface area contributed by atoms with Gasteiger partial charge in [-0.2, -0.15) is 8.61 Å². The molecule has 0 atom stereocenters. The first-order valence-electron chi connectivity index (χ1n) is 11.1. The lowest BCUT2D eigenvalue weighted by Gasteiger charge is -2.22. The highest BCUT2D eigenvalue weighted by molar-refractivity contribution is 7.89. The van der Waals surface area contributed by atoms with Gasteiger partial charge in [0.2, 0.25) is 20.0 Å². The second-order valence-electron chi connectivity index (χ2n) is 8.65. The molecule has 1 aromatic carbocycles. The lowest BCUT2D eigenvalue weighted by Crippen LogP contribution is -2.37. The molecule has 2 aliphatic heterocycles. The zero-order chi connectivity index (χ0) is 23.8. The first-order valence-corrected chi connectivity index (χ1v) is 14.0. The minimum absolute atomic E-state index is 0.119. The second-order valence-corrected chi connectivity index (χ2v) is 12.5. The summed E-state index contributed by atoms with van der Waals surface area (Å²) in [5, 5.41) is 0. The molecule has 2 fully saturated rings. The van der Waals surface area contributed by atoms with Gasteiger partial charge >= 0.3 is 0 Å². The number of amides is 1. The number of aromatic nitrogens is 1. The minimum atomic E-state index is -3.64. The molecule has 2 aromatic rings. The summed E-state index contributed by atoms with van der Waals surface area (Å²) in [6, 6.07) is 8.17. The predicted octanol–water partition coefficient (Wildman–Crippen LogP) is 1.65. The number of nitrogens with zero attached hydrogens (tertiary/aromatic N) is 4. The Bertz CT molecular complexity index is 1230. The Morgan fingerprint density at radius 1 is 0.758 bits per heavy atom. The lowest BCUT2D eigenvalue weighted by molar-refractivity contribution is 0.0754. The van der Waals surface area contributed by atoms with Crippen LogP contribution in [0, 0.1) is 6.92 Å². The largest absolute Gasteiger partial charge is 0.345 e. The first-order chi connectivity index (χ1) is 15.6. The summed E-state index contributed by atoms with van der Waals surface area (Å²) >= 11 is 0. The van der Waals surface area contributed by atoms with E-state index in [4.69, 9.17) is 0 Å². The van der Waals surface area contributed by atoms with Gasteiger partial charge in [-0.25, -0.2) is 16.8 Å². The van der Waals surface area contributed by atoms with Crippen molar-refractivity contribution in [2.24, 2.45) is 7.05 Å². The van der Waals surface area contributed by atoms with Gasteiger partial charge in [-0.1, -0.05) is 17.7 Å². The number of rotatable bonds is 5. The smallest absolute Gasteiger partial charge is 0.270 e. The summed E-state index contributed by atoms with van der Waals surface area (Å²) in [6.45, 7) is 4.04. The van der Waals surface area contributed by atoms with Crippen LogP contribution in [0.2, 0.25) is 0 Å². The number of hydrogen-bond acceptors (Lipinski definition) is 5. The van der Waals surface area contributed by atoms with Crippen LogP contribution in [0.3, 0.4) is 0 Å². The minimum Gasteiger partial charge on any atom is -0.345 e. The second kappa shape index (κ2) is 9.21. The zero-order valence-corrected chi connectivity index (χ0v) is 20.6. The Hall–Kier alpha value is -2.21. The third-order valence-corrected chi connectivity index (χ3v) is 10.1. The van der Waals surface area contributed by atoms with Gasteiger partial charge in [0.1, 0.15) is 10.6 Å². The van der Waals surface area contributed by atoms with Gasteiger partial charge < -0.3 is 9.47 Å². The summed E-state index contributed by atoms with van der Waals surface area (Å²) in [7, 11) is -5.61. The molecule has 0 radical (unpaired) electrons. The number of aryl methyl sites for hydroxylation is 2. The molecule has 11 heteroatoms. The van der Waals surface area contributed by atoms with Crippen LogP contribution in [0.5, 0.6) is 0 Å². The topological polar surface area (TPSA) is 100 Å². The zero-order valence-electron chi connectivity index (χ0n) is 19.0. The number of carbonyl (C=O) groups excluding carboxylic acids is 1. The fourth-order valence-corrected chi connectivity index (χ4v) is 7.38. The number of hydrogen-bond donors (Lipinski definition) is 0. The molecular formula is C22H30N4O5S2. The molecule has 0 bridgehead atoms. The summed E-state index contributed by atoms with van der Waals surface area (Å²) in [5.41, 5.74) is 1.26. The van der Waals surface area contributed by atoms with Crippen molar-refractivity contribution in [1.82, 2.24) is 18.1 Å². The molecule has 1 aromatic heterocycles. The Morgan fingerprint density at radius 2 is 1.33 bits per heavy atom. The molecule has 0 unspecified atom stereocenters. The van der Waals surface area contributed by atoms with E-state index in [1.807, 2.05) is 6.92 Å². The van der Waals surface area contributed by atoms with Crippen molar-refractivity contribution < 1.29 is 21.6 Å². The normalized spacial score (nSPS) is 19.0. The van der Waals surface area contributed by atoms with E-state index in [0.717, 1.165) is 18.4 Å². The highest BCUT2D eigenvalue weighted by Gasteiger charge is 2.32. The van der Waals surface area contributed by atoms with Crippen molar-refractivity contribution in [2.75, 3.05) is 39.3 Å². The van der Waals surface area contributed by atoms with E-state index in [1.165, 1.54) is 25.4 Å². The Labute approximate surface area is 195 Å². The summed E-state index contributed by atoms with van der Waals surface area (Å²) < 4.78 is 56.2. The summed E-state index contributed by atoms with van der Waals surface area (Å²) in [5.74, 6) is -0.296. The van der Waals surface area contributed by atoms with Crippen molar-refractivity contribution in [3.05, 3.63) is 47.8 Å². The van der Waals surface area contributed by atoms with E-state index in [1.54, 1.807) is 36.2 Å². The molecule has 2 aliphatic rings. The van der Waals surface area contributed by atoms with Crippen LogP contribution < -0.4 is 0 Å². The number of carbonyl (C=O) groups is 1. The van der Waals surface area contributed by atoms with Crippen LogP contribution in [-0.2, 0) is 27.1 Å². The standard InChI is InChI=1S/C22H30N4O5S2/c1-18-6-8-19(9-7-18)32(28,29)26-13-5-10-24(14-15-26)22(27)21-16-20(17-23(21)2)33(30,31)25-11-3-4-12-25/h6-9,16-17H,3-5,10-15H2,1-2H3. The van der Waals surface area contributed by atoms with Crippen LogP contribution in [-0.4, -0.2) is 80.1 Å². The monoisotopic (exact) mass is 494 g/mol. The van der Waals surface area contributed by atoms with Crippen LogP contribution in [0.4, 0.5) is 0 Å². The highest BCUT2D eigenvalue weighted by atomic mass is 32.2. The molecule has 2 saturated heterocycles. The average Bonchev–Trinajstić information content (AvgIpc) is 3.38. The van der Waals surface area contributed by atoms with Gasteiger partial charge in [-0.3, -0.25) is 4.79 Å². The lowest BCUT2D eigenvalue weighted by atomic mass is 10.2. The van der Waals surface area contributed by atoms with Crippen molar-refractivity contribution in [2.45, 2.75) is 36.0 Å². The van der Waals surface area contributed by atoms with Crippen molar-refractivity contribution in [3.63, 3.8) is 0 Å². The van der Waals surface area contributed by atoms with Crippen molar-refractivity contribution >= 4 is 26.0 Å². The SMILES string of the molecule is Cc1ccc(S(=O)(=O)N2CCCN(C(=O)c3cc(S(=O)(=O)N4CCCC4)cn3C)CC2)cc1. The molecule has 9 nitrogen and oxygen atoms in total. The molecule has 33 heavy (non-hydrogen) atoms. The molecule has 4 rings (SSSR count). The van der Waals surface area contributed by atoms with E-state index >= 15 is 0 Å². The van der Waals surface area contributed by atoms with Crippen molar-refractivity contribution in [3.8, 4) is 0 Å². The molecule has 3 heterocycles. The Kier molecular flexibility index (Phi) is 6.68. The van der Waals surface area contributed by atoms with Gasteiger partial charge in [0.05, 0.1) is 4.90 Å². The third-order valence-electron chi connectivity index (χ3n) is 6.30. The molecule has 0 saturated carbocycles. The van der Waals surface area contributed by atoms with E-state index in [2.05, 4.69) is 0 Å². The number of benzene rings is 1. The van der Waals surface area contributed by atoms with E-state index < -0.39 is 20.0 Å². The van der Waals surface area contributed by atoms with Crippen molar-refractivity contribution in [1.29, 1.82) is 0 Å². The average molecular weight is 495 g/mol. The third kappa shape index (κ3) is 4.72. The van der Waals surface area contributed by atoms with Crippen LogP contribution in [0.25, 0.3) is 0 Å². The quantitative estimate of drug-likeness (QED) is 0.629. The summed E-state index contributed by atoms with van der Waals surface area (Å²) in [6.07, 6.45) is 3.66. The maximum Gasteiger partial charge on any atom is 0.270 e. The van der Waals surface area contributed by atoms with Gasteiger partial charge in [0, 0.05) is 52.5 Å². The Morgan fingerprint density at radius 3 is 2.00 bits per heavy atom. The van der Waals surface area contributed by atoms with Crippen LogP contribution in [0.15, 0.2) is 46.3 Å². The highest BCUT2D eigenvalue weighted by Crippen LogP contribution is 2.24. The van der Waals surface area contributed by atoms with Gasteiger partial charge in [0.25, 0.3) is 5.91 Å². The maximum absolute atomic E-state index is 13.2. The van der Waals surface area contributed by atoms with E-state index in [0.29, 0.717) is 32.6 Å². The number of sulfonamides is 2. The van der Waals surface area contributed by atoms with Gasteiger partial charge in [-0.15, -0.1) is 0 Å². The van der Waals surface area contributed by atoms with Crippen LogP contribution >= 0.6 is 0 Å². The molecular weight excluding hydrogens is 464 g/mol. The predicted molar refractivity (Wildman–Crippen MR) is 124 cm³/mol. The summed E-state index contributed by atoms with van der Waals surface area (Å²) in [4.78, 5) is 15.2. The van der Waals surface area contributed by atoms with E-state index in [-0.39, 0.29) is 34.5 Å². The van der Waals surface area contributed by atoms with Gasteiger partial charge in [-0.05, 0) is 44.4 Å². The molecule has 180 valence electrons.